The van der Waals surface area contributed by atoms with Crippen molar-refractivity contribution in [2.24, 2.45) is 11.8 Å². The Balaban J connectivity index is 5.23. The highest BCUT2D eigenvalue weighted by Crippen LogP contribution is 2.45. The molecule has 3 N–H and O–H groups in total. The van der Waals surface area contributed by atoms with Crippen LogP contribution in [0.3, 0.4) is 0 Å². The minimum absolute atomic E-state index is 0.107. The highest BCUT2D eigenvalue weighted by molar-refractivity contribution is 7.47. The molecule has 660 valence electrons. The summed E-state index contributed by atoms with van der Waals surface area (Å²) < 4.78 is 69.1. The molecule has 0 aliphatic rings. The molecule has 0 heterocycles. The third kappa shape index (κ3) is 85.8. The first-order chi connectivity index (χ1) is 53.9. The van der Waals surface area contributed by atoms with Crippen LogP contribution in [0.5, 0.6) is 0 Å². The van der Waals surface area contributed by atoms with Crippen molar-refractivity contribution >= 4 is 39.5 Å². The lowest BCUT2D eigenvalue weighted by Gasteiger charge is -2.21. The van der Waals surface area contributed by atoms with Crippen LogP contribution in [0.15, 0.2) is 0 Å². The number of carbonyl (C=O) groups is 4. The standard InChI is InChI=1S/C92H180O17P2/c1-7-9-11-13-15-17-19-21-23-25-27-29-31-33-35-37-39-44-50-56-62-68-74-89(94)102-80-87(108-91(96)76-70-64-58-51-45-40-38-36-34-32-30-28-26-24-22-20-18-16-14-12-10-8-2)82-106-110(98,99)104-78-86(93)79-105-111(100,101)107-83-88(81-103-90(95)75-69-63-57-53-47-49-55-61-67-73-85(5)6)109-92(97)77-71-65-59-52-46-42-41-43-48-54-60-66-72-84(3)4/h84-88,93H,7-83H2,1-6H3,(H,98,99)(H,100,101)/t86-,87-,88-/m1/s1. The summed E-state index contributed by atoms with van der Waals surface area (Å²) in [7, 11) is -9.94. The summed E-state index contributed by atoms with van der Waals surface area (Å²) in [4.78, 5) is 73.4. The third-order valence-electron chi connectivity index (χ3n) is 21.7. The molecule has 19 heteroatoms. The van der Waals surface area contributed by atoms with E-state index >= 15 is 0 Å². The molecule has 0 saturated heterocycles. The Labute approximate surface area is 683 Å². The maximum absolute atomic E-state index is 13.2. The molecular formula is C92H180O17P2. The average molecular weight is 1620 g/mol. The van der Waals surface area contributed by atoms with E-state index in [9.17, 15) is 43.2 Å². The summed E-state index contributed by atoms with van der Waals surface area (Å²) in [6, 6.07) is 0. The summed E-state index contributed by atoms with van der Waals surface area (Å²) in [5, 5.41) is 10.7. The van der Waals surface area contributed by atoms with Crippen molar-refractivity contribution in [2.45, 2.75) is 516 Å². The van der Waals surface area contributed by atoms with Crippen molar-refractivity contribution in [1.29, 1.82) is 0 Å². The fraction of sp³-hybridized carbons (Fsp3) is 0.957. The molecule has 0 fully saturated rings. The van der Waals surface area contributed by atoms with Crippen LogP contribution in [0.2, 0.25) is 0 Å². The number of hydrogen-bond donors (Lipinski definition) is 3. The summed E-state index contributed by atoms with van der Waals surface area (Å²) in [6.45, 7) is 9.69. The number of ether oxygens (including phenoxy) is 4. The number of phosphoric acid groups is 2. The van der Waals surface area contributed by atoms with E-state index in [0.29, 0.717) is 25.7 Å². The first kappa shape index (κ1) is 109. The number of esters is 4. The zero-order chi connectivity index (χ0) is 81.3. The van der Waals surface area contributed by atoms with Gasteiger partial charge in [-0.3, -0.25) is 37.3 Å². The lowest BCUT2D eigenvalue weighted by molar-refractivity contribution is -0.161. The quantitative estimate of drug-likeness (QED) is 0.0222. The summed E-state index contributed by atoms with van der Waals surface area (Å²) in [6.07, 6.45) is 78.1. The Bertz CT molecular complexity index is 2120. The first-order valence-electron chi connectivity index (χ1n) is 47.5. The van der Waals surface area contributed by atoms with Gasteiger partial charge < -0.3 is 33.8 Å². The highest BCUT2D eigenvalue weighted by atomic mass is 31.2. The van der Waals surface area contributed by atoms with Gasteiger partial charge in [-0.25, -0.2) is 9.13 Å². The number of rotatable bonds is 91. The lowest BCUT2D eigenvalue weighted by atomic mass is 10.0. The predicted octanol–water partition coefficient (Wildman–Crippen LogP) is 28.6. The number of phosphoric ester groups is 2. The number of hydrogen-bond acceptors (Lipinski definition) is 15. The molecule has 0 amide bonds. The second-order valence-corrected chi connectivity index (χ2v) is 36.9. The zero-order valence-corrected chi connectivity index (χ0v) is 75.1. The Hall–Kier alpha value is -1.94. The van der Waals surface area contributed by atoms with Crippen molar-refractivity contribution in [3.63, 3.8) is 0 Å². The Morgan fingerprint density at radius 1 is 0.243 bits per heavy atom. The van der Waals surface area contributed by atoms with Gasteiger partial charge in [-0.15, -0.1) is 0 Å². The number of unbranched alkanes of at least 4 members (excludes halogenated alkanes) is 61. The fourth-order valence-electron chi connectivity index (χ4n) is 14.5. The topological polar surface area (TPSA) is 237 Å². The van der Waals surface area contributed by atoms with Crippen molar-refractivity contribution < 1.29 is 80.2 Å². The normalized spacial score (nSPS) is 13.7. The monoisotopic (exact) mass is 1620 g/mol. The molecular weight excluding hydrogens is 1440 g/mol. The molecule has 0 spiro atoms. The van der Waals surface area contributed by atoms with Gasteiger partial charge >= 0.3 is 39.5 Å². The Morgan fingerprint density at radius 3 is 0.613 bits per heavy atom. The molecule has 111 heavy (non-hydrogen) atoms. The Kier molecular flexibility index (Phi) is 81.7. The minimum Gasteiger partial charge on any atom is -0.462 e. The molecule has 5 atom stereocenters. The molecule has 0 bridgehead atoms. The Morgan fingerprint density at radius 2 is 0.414 bits per heavy atom. The van der Waals surface area contributed by atoms with Gasteiger partial charge in [0.15, 0.2) is 12.2 Å². The maximum atomic E-state index is 13.2. The molecule has 0 aromatic rings. The van der Waals surface area contributed by atoms with E-state index in [-0.39, 0.29) is 25.7 Å². The fourth-order valence-corrected chi connectivity index (χ4v) is 16.1. The van der Waals surface area contributed by atoms with Crippen LogP contribution in [0.1, 0.15) is 497 Å². The second-order valence-electron chi connectivity index (χ2n) is 34.0. The van der Waals surface area contributed by atoms with Crippen LogP contribution in [-0.4, -0.2) is 96.7 Å². The van der Waals surface area contributed by atoms with Crippen LogP contribution in [0.25, 0.3) is 0 Å². The van der Waals surface area contributed by atoms with Crippen LogP contribution in [0.4, 0.5) is 0 Å². The van der Waals surface area contributed by atoms with Crippen LogP contribution < -0.4 is 0 Å². The van der Waals surface area contributed by atoms with E-state index in [1.807, 2.05) is 0 Å². The van der Waals surface area contributed by atoms with Gasteiger partial charge in [0.1, 0.15) is 19.3 Å². The molecule has 2 unspecified atom stereocenters. The second kappa shape index (κ2) is 83.1. The lowest BCUT2D eigenvalue weighted by Crippen LogP contribution is -2.30. The number of aliphatic hydroxyl groups is 1. The molecule has 0 aromatic carbocycles. The number of carbonyl (C=O) groups excluding carboxylic acids is 4. The molecule has 0 aliphatic carbocycles. The first-order valence-corrected chi connectivity index (χ1v) is 50.5. The summed E-state index contributed by atoms with van der Waals surface area (Å²) in [5.41, 5.74) is 0. The maximum Gasteiger partial charge on any atom is 0.472 e. The average Bonchev–Trinajstić information content (AvgIpc) is 1.10. The van der Waals surface area contributed by atoms with Gasteiger partial charge in [0.2, 0.25) is 0 Å². The van der Waals surface area contributed by atoms with E-state index in [1.165, 1.54) is 315 Å². The van der Waals surface area contributed by atoms with Crippen molar-refractivity contribution in [3.8, 4) is 0 Å². The van der Waals surface area contributed by atoms with Gasteiger partial charge in [0.25, 0.3) is 0 Å². The van der Waals surface area contributed by atoms with E-state index < -0.39 is 97.5 Å². The van der Waals surface area contributed by atoms with Gasteiger partial charge in [0, 0.05) is 25.7 Å². The zero-order valence-electron chi connectivity index (χ0n) is 73.3. The predicted molar refractivity (Wildman–Crippen MR) is 460 cm³/mol. The molecule has 0 aromatic heterocycles. The number of aliphatic hydroxyl groups excluding tert-OH is 1. The van der Waals surface area contributed by atoms with Gasteiger partial charge in [0.05, 0.1) is 26.4 Å². The van der Waals surface area contributed by atoms with E-state index in [4.69, 9.17) is 37.0 Å². The van der Waals surface area contributed by atoms with Crippen molar-refractivity contribution in [3.05, 3.63) is 0 Å². The largest absolute Gasteiger partial charge is 0.472 e. The molecule has 17 nitrogen and oxygen atoms in total. The van der Waals surface area contributed by atoms with Crippen LogP contribution >= 0.6 is 15.6 Å². The van der Waals surface area contributed by atoms with Crippen LogP contribution in [0, 0.1) is 11.8 Å². The minimum atomic E-state index is -4.97. The SMILES string of the molecule is CCCCCCCCCCCCCCCCCCCCCCCCC(=O)OC[C@H](COP(=O)(O)OC[C@@H](O)COP(=O)(O)OC[C@@H](COC(=O)CCCCCCCCCCCC(C)C)OC(=O)CCCCCCCCCCCCCCC(C)C)OC(=O)CCCCCCCCCCCCCCCCCCCCCCCC. The van der Waals surface area contributed by atoms with Gasteiger partial charge in [-0.1, -0.05) is 446 Å². The van der Waals surface area contributed by atoms with Gasteiger partial charge in [-0.05, 0) is 37.5 Å². The highest BCUT2D eigenvalue weighted by Gasteiger charge is 2.31. The van der Waals surface area contributed by atoms with Gasteiger partial charge in [-0.2, -0.15) is 0 Å². The molecule has 0 rings (SSSR count). The van der Waals surface area contributed by atoms with Crippen molar-refractivity contribution in [1.82, 2.24) is 0 Å². The molecule has 0 saturated carbocycles. The van der Waals surface area contributed by atoms with E-state index in [0.717, 1.165) is 102 Å². The van der Waals surface area contributed by atoms with E-state index in [2.05, 4.69) is 41.5 Å². The van der Waals surface area contributed by atoms with E-state index in [1.54, 1.807) is 0 Å². The molecule has 0 radical (unpaired) electrons. The molecule has 0 aliphatic heterocycles. The summed E-state index contributed by atoms with van der Waals surface area (Å²) in [5.74, 6) is -0.577. The van der Waals surface area contributed by atoms with Crippen LogP contribution in [-0.2, 0) is 65.4 Å². The van der Waals surface area contributed by atoms with Crippen molar-refractivity contribution in [2.75, 3.05) is 39.6 Å². The smallest absolute Gasteiger partial charge is 0.462 e. The summed E-state index contributed by atoms with van der Waals surface area (Å²) >= 11 is 0. The third-order valence-corrected chi connectivity index (χ3v) is 23.6.